The van der Waals surface area contributed by atoms with Crippen LogP contribution in [0.4, 0.5) is 0 Å². The average molecular weight is 552 g/mol. The van der Waals surface area contributed by atoms with Crippen molar-refractivity contribution >= 4 is 56.4 Å². The van der Waals surface area contributed by atoms with E-state index < -0.39 is 18.0 Å². The van der Waals surface area contributed by atoms with E-state index in [0.717, 1.165) is 15.2 Å². The lowest BCUT2D eigenvalue weighted by Gasteiger charge is -2.13. The van der Waals surface area contributed by atoms with Gasteiger partial charge in [-0.1, -0.05) is 70.0 Å². The Hall–Kier alpha value is -3.68. The van der Waals surface area contributed by atoms with Gasteiger partial charge in [0, 0.05) is 10.0 Å². The highest BCUT2D eigenvalue weighted by Crippen LogP contribution is 2.28. The molecule has 0 aliphatic carbocycles. The molecule has 0 saturated carbocycles. The average Bonchev–Trinajstić information content (AvgIpc) is 2.86. The second kappa shape index (κ2) is 11.2. The first-order chi connectivity index (χ1) is 16.9. The van der Waals surface area contributed by atoms with E-state index in [0.29, 0.717) is 16.3 Å². The highest BCUT2D eigenvalue weighted by Gasteiger charge is 2.17. The number of fused-ring (bicyclic) bond motifs is 1. The molecule has 0 aromatic heterocycles. The summed E-state index contributed by atoms with van der Waals surface area (Å²) in [5.41, 5.74) is 3.26. The first-order valence-electron chi connectivity index (χ1n) is 10.7. The van der Waals surface area contributed by atoms with Crippen LogP contribution in [0.1, 0.15) is 22.8 Å². The lowest BCUT2D eigenvalue weighted by atomic mass is 10.0. The summed E-state index contributed by atoms with van der Waals surface area (Å²) in [4.78, 5) is 25.2. The molecule has 0 radical (unpaired) electrons. The number of esters is 1. The minimum atomic E-state index is -0.779. The van der Waals surface area contributed by atoms with E-state index in [-0.39, 0.29) is 11.3 Å². The van der Waals surface area contributed by atoms with Crippen LogP contribution >= 0.6 is 27.5 Å². The van der Waals surface area contributed by atoms with Crippen molar-refractivity contribution in [2.45, 2.75) is 13.0 Å². The summed E-state index contributed by atoms with van der Waals surface area (Å²) in [6.07, 6.45) is 0.667. The van der Waals surface area contributed by atoms with Crippen molar-refractivity contribution in [1.29, 1.82) is 0 Å². The van der Waals surface area contributed by atoms with Crippen LogP contribution in [0.2, 0.25) is 5.02 Å². The maximum Gasteiger partial charge on any atom is 0.345 e. The molecule has 0 saturated heterocycles. The third kappa shape index (κ3) is 6.07. The molecule has 1 amide bonds. The van der Waals surface area contributed by atoms with E-state index in [4.69, 9.17) is 21.1 Å². The quantitative estimate of drug-likeness (QED) is 0.125. The van der Waals surface area contributed by atoms with Crippen molar-refractivity contribution in [2.24, 2.45) is 5.10 Å². The van der Waals surface area contributed by atoms with Crippen molar-refractivity contribution in [3.05, 3.63) is 106 Å². The van der Waals surface area contributed by atoms with E-state index in [1.165, 1.54) is 6.21 Å². The monoisotopic (exact) mass is 550 g/mol. The summed E-state index contributed by atoms with van der Waals surface area (Å²) >= 11 is 9.50. The number of hydrogen-bond donors (Lipinski definition) is 1. The van der Waals surface area contributed by atoms with Crippen LogP contribution in [0.5, 0.6) is 11.5 Å². The fourth-order valence-electron chi connectivity index (χ4n) is 3.30. The molecule has 6 nitrogen and oxygen atoms in total. The maximum absolute atomic E-state index is 12.7. The summed E-state index contributed by atoms with van der Waals surface area (Å²) in [6.45, 7) is 1.63. The van der Waals surface area contributed by atoms with Gasteiger partial charge in [0.2, 0.25) is 0 Å². The smallest absolute Gasteiger partial charge is 0.345 e. The van der Waals surface area contributed by atoms with Crippen LogP contribution in [0.3, 0.4) is 0 Å². The van der Waals surface area contributed by atoms with Crippen molar-refractivity contribution in [3.63, 3.8) is 0 Å². The van der Waals surface area contributed by atoms with Crippen LogP contribution in [-0.2, 0) is 4.79 Å². The molecule has 0 fully saturated rings. The van der Waals surface area contributed by atoms with E-state index >= 15 is 0 Å². The lowest BCUT2D eigenvalue weighted by Crippen LogP contribution is -2.33. The number of amides is 1. The second-order valence-electron chi connectivity index (χ2n) is 7.52. The molecule has 8 heteroatoms. The van der Waals surface area contributed by atoms with E-state index in [1.54, 1.807) is 49.4 Å². The number of nitrogens with one attached hydrogen (secondary N) is 1. The predicted octanol–water partition coefficient (Wildman–Crippen LogP) is 6.39. The summed E-state index contributed by atoms with van der Waals surface area (Å²) in [5, 5.41) is 6.11. The van der Waals surface area contributed by atoms with Gasteiger partial charge in [-0.05, 0) is 60.2 Å². The molecule has 1 N–H and O–H groups in total. The van der Waals surface area contributed by atoms with Crippen LogP contribution in [-0.4, -0.2) is 24.2 Å². The first kappa shape index (κ1) is 24.4. The molecule has 0 heterocycles. The minimum absolute atomic E-state index is 0.248. The van der Waals surface area contributed by atoms with Gasteiger partial charge in [0.1, 0.15) is 11.5 Å². The van der Waals surface area contributed by atoms with Crippen LogP contribution in [0.25, 0.3) is 10.8 Å². The number of hydrogen-bond acceptors (Lipinski definition) is 5. The number of rotatable bonds is 7. The third-order valence-electron chi connectivity index (χ3n) is 5.09. The molecule has 176 valence electrons. The zero-order chi connectivity index (χ0) is 24.8. The number of hydrazone groups is 1. The van der Waals surface area contributed by atoms with E-state index in [9.17, 15) is 9.59 Å². The maximum atomic E-state index is 12.7. The number of carbonyl (C=O) groups is 2. The predicted molar refractivity (Wildman–Crippen MR) is 140 cm³/mol. The Balaban J connectivity index is 1.54. The molecule has 4 aromatic carbocycles. The fourth-order valence-corrected chi connectivity index (χ4v) is 3.78. The van der Waals surface area contributed by atoms with Gasteiger partial charge >= 0.3 is 5.97 Å². The van der Waals surface area contributed by atoms with E-state index in [2.05, 4.69) is 26.5 Å². The zero-order valence-electron chi connectivity index (χ0n) is 18.6. The summed E-state index contributed by atoms with van der Waals surface area (Å²) in [6, 6.07) is 24.9. The van der Waals surface area contributed by atoms with Gasteiger partial charge in [0.05, 0.1) is 16.8 Å². The highest BCUT2D eigenvalue weighted by molar-refractivity contribution is 9.10. The zero-order valence-corrected chi connectivity index (χ0v) is 20.9. The Labute approximate surface area is 215 Å². The molecule has 1 atom stereocenters. The summed E-state index contributed by atoms with van der Waals surface area (Å²) < 4.78 is 12.2. The molecule has 0 aliphatic rings. The molecule has 0 spiro atoms. The molecule has 35 heavy (non-hydrogen) atoms. The van der Waals surface area contributed by atoms with Crippen molar-refractivity contribution < 1.29 is 19.1 Å². The first-order valence-corrected chi connectivity index (χ1v) is 11.8. The molecule has 0 unspecified atom stereocenters. The lowest BCUT2D eigenvalue weighted by molar-refractivity contribution is -0.127. The number of benzene rings is 4. The van der Waals surface area contributed by atoms with Gasteiger partial charge in [0.25, 0.3) is 5.91 Å². The Bertz CT molecular complexity index is 1410. The minimum Gasteiger partial charge on any atom is -0.481 e. The van der Waals surface area contributed by atoms with Gasteiger partial charge in [-0.25, -0.2) is 10.2 Å². The molecular formula is C27H20BrClN2O4. The molecule has 0 aliphatic heterocycles. The highest BCUT2D eigenvalue weighted by atomic mass is 79.9. The normalized spacial score (nSPS) is 11.9. The summed E-state index contributed by atoms with van der Waals surface area (Å²) in [7, 11) is 0. The van der Waals surface area contributed by atoms with Crippen molar-refractivity contribution in [1.82, 2.24) is 5.43 Å². The van der Waals surface area contributed by atoms with Gasteiger partial charge < -0.3 is 9.47 Å². The van der Waals surface area contributed by atoms with Crippen molar-refractivity contribution in [2.75, 3.05) is 0 Å². The Kier molecular flexibility index (Phi) is 7.80. The van der Waals surface area contributed by atoms with Crippen LogP contribution in [0, 0.1) is 0 Å². The molecule has 4 rings (SSSR count). The summed E-state index contributed by atoms with van der Waals surface area (Å²) in [5.74, 6) is -0.187. The second-order valence-corrected chi connectivity index (χ2v) is 8.84. The topological polar surface area (TPSA) is 77.0 Å². The van der Waals surface area contributed by atoms with Crippen LogP contribution < -0.4 is 14.9 Å². The Morgan fingerprint density at radius 1 is 0.971 bits per heavy atom. The van der Waals surface area contributed by atoms with Gasteiger partial charge in [0.15, 0.2) is 6.10 Å². The number of halogens is 2. The van der Waals surface area contributed by atoms with Crippen LogP contribution in [0.15, 0.2) is 94.5 Å². The number of ether oxygens (including phenoxy) is 2. The largest absolute Gasteiger partial charge is 0.481 e. The SMILES string of the molecule is C[C@@H](Oc1ccc(Br)cc1)C(=O)N/N=C\c1c(OC(=O)c2ccccc2Cl)ccc2ccccc12. The van der Waals surface area contributed by atoms with Gasteiger partial charge in [-0.3, -0.25) is 4.79 Å². The molecule has 4 aromatic rings. The van der Waals surface area contributed by atoms with Gasteiger partial charge in [-0.15, -0.1) is 0 Å². The van der Waals surface area contributed by atoms with E-state index in [1.807, 2.05) is 42.5 Å². The molecule has 0 bridgehead atoms. The number of carbonyl (C=O) groups excluding carboxylic acids is 2. The molecular weight excluding hydrogens is 532 g/mol. The van der Waals surface area contributed by atoms with Crippen molar-refractivity contribution in [3.8, 4) is 11.5 Å². The van der Waals surface area contributed by atoms with Gasteiger partial charge in [-0.2, -0.15) is 5.10 Å². The number of nitrogens with zero attached hydrogens (tertiary/aromatic N) is 1. The fraction of sp³-hybridized carbons (Fsp3) is 0.0741. The standard InChI is InChI=1S/C27H20BrClN2O4/c1-17(34-20-13-11-19(28)12-14-20)26(32)31-30-16-23-21-7-3-2-6-18(21)10-15-25(23)35-27(33)22-8-4-5-9-24(22)29/h2-17H,1H3,(H,31,32)/b30-16-/t17-/m1/s1. The third-order valence-corrected chi connectivity index (χ3v) is 5.95. The Morgan fingerprint density at radius 3 is 2.46 bits per heavy atom. The Morgan fingerprint density at radius 2 is 1.69 bits per heavy atom.